The molecule has 0 saturated carbocycles. The maximum Gasteiger partial charge on any atom is 0.250 e. The van der Waals surface area contributed by atoms with E-state index >= 15 is 0 Å². The average Bonchev–Trinajstić information content (AvgIpc) is 2.87. The quantitative estimate of drug-likeness (QED) is 0.890. The number of aliphatic hydroxyl groups is 1. The standard InChI is InChI=1S/C13H14FNO3S2/c1-9(10-3-2-4-11(14)7-10)15-20(17,18)13-6-5-12(8-16)19-13/h2-7,9,15-16H,8H2,1H3. The molecule has 4 nitrogen and oxygen atoms in total. The molecule has 20 heavy (non-hydrogen) atoms. The van der Waals surface area contributed by atoms with Crippen molar-refractivity contribution >= 4 is 21.4 Å². The van der Waals surface area contributed by atoms with Crippen LogP contribution < -0.4 is 4.72 Å². The Morgan fingerprint density at radius 3 is 2.70 bits per heavy atom. The molecule has 0 saturated heterocycles. The van der Waals surface area contributed by atoms with Gasteiger partial charge in [-0.1, -0.05) is 12.1 Å². The van der Waals surface area contributed by atoms with Gasteiger partial charge in [-0.05, 0) is 36.8 Å². The van der Waals surface area contributed by atoms with Crippen LogP contribution >= 0.6 is 11.3 Å². The van der Waals surface area contributed by atoms with Crippen molar-refractivity contribution in [2.45, 2.75) is 23.8 Å². The van der Waals surface area contributed by atoms with E-state index in [-0.39, 0.29) is 10.8 Å². The Morgan fingerprint density at radius 1 is 1.35 bits per heavy atom. The van der Waals surface area contributed by atoms with Crippen LogP contribution in [-0.2, 0) is 16.6 Å². The monoisotopic (exact) mass is 315 g/mol. The van der Waals surface area contributed by atoms with Crippen molar-refractivity contribution in [3.05, 3.63) is 52.7 Å². The molecule has 2 N–H and O–H groups in total. The molecule has 0 aliphatic carbocycles. The molecule has 108 valence electrons. The summed E-state index contributed by atoms with van der Waals surface area (Å²) in [5, 5.41) is 8.96. The lowest BCUT2D eigenvalue weighted by Gasteiger charge is -2.13. The van der Waals surface area contributed by atoms with Crippen LogP contribution in [0, 0.1) is 5.82 Å². The van der Waals surface area contributed by atoms with Gasteiger partial charge in [0.25, 0.3) is 10.0 Å². The highest BCUT2D eigenvalue weighted by atomic mass is 32.2. The fourth-order valence-corrected chi connectivity index (χ4v) is 4.19. The second-order valence-corrected chi connectivity index (χ2v) is 7.39. The van der Waals surface area contributed by atoms with E-state index in [0.29, 0.717) is 10.4 Å². The molecule has 1 aromatic heterocycles. The van der Waals surface area contributed by atoms with Crippen molar-refractivity contribution in [2.75, 3.05) is 0 Å². The second kappa shape index (κ2) is 6.01. The zero-order chi connectivity index (χ0) is 14.8. The summed E-state index contributed by atoms with van der Waals surface area (Å²) in [5.74, 6) is -0.410. The first-order valence-electron chi connectivity index (χ1n) is 5.90. The lowest BCUT2D eigenvalue weighted by atomic mass is 10.1. The van der Waals surface area contributed by atoms with Gasteiger partial charge in [0, 0.05) is 10.9 Å². The molecule has 2 rings (SSSR count). The third kappa shape index (κ3) is 3.43. The molecule has 0 spiro atoms. The predicted molar refractivity (Wildman–Crippen MR) is 75.4 cm³/mol. The Bertz CT molecular complexity index is 697. The summed E-state index contributed by atoms with van der Waals surface area (Å²) >= 11 is 1.01. The first kappa shape index (κ1) is 15.1. The van der Waals surface area contributed by atoms with Gasteiger partial charge in [-0.15, -0.1) is 11.3 Å². The zero-order valence-corrected chi connectivity index (χ0v) is 12.3. The van der Waals surface area contributed by atoms with Gasteiger partial charge in [-0.3, -0.25) is 0 Å². The van der Waals surface area contributed by atoms with Crippen molar-refractivity contribution in [1.29, 1.82) is 0 Å². The number of nitrogens with one attached hydrogen (secondary N) is 1. The summed E-state index contributed by atoms with van der Waals surface area (Å²) < 4.78 is 40.1. The fraction of sp³-hybridized carbons (Fsp3) is 0.231. The molecule has 1 atom stereocenters. The highest BCUT2D eigenvalue weighted by Crippen LogP contribution is 2.24. The number of aliphatic hydroxyl groups excluding tert-OH is 1. The van der Waals surface area contributed by atoms with Gasteiger partial charge in [0.1, 0.15) is 10.0 Å². The van der Waals surface area contributed by atoms with Crippen LogP contribution in [0.25, 0.3) is 0 Å². The molecule has 1 unspecified atom stereocenters. The van der Waals surface area contributed by atoms with Crippen molar-refractivity contribution in [3.8, 4) is 0 Å². The molecule has 0 fully saturated rings. The van der Waals surface area contributed by atoms with Crippen LogP contribution in [0.3, 0.4) is 0 Å². The van der Waals surface area contributed by atoms with E-state index in [9.17, 15) is 12.8 Å². The number of benzene rings is 1. The van der Waals surface area contributed by atoms with Gasteiger partial charge in [-0.2, -0.15) is 0 Å². The minimum atomic E-state index is -3.67. The third-order valence-corrected chi connectivity index (χ3v) is 5.84. The maximum atomic E-state index is 13.1. The molecule has 1 heterocycles. The SMILES string of the molecule is CC(NS(=O)(=O)c1ccc(CO)s1)c1cccc(F)c1. The highest BCUT2D eigenvalue weighted by molar-refractivity contribution is 7.91. The molecule has 0 aliphatic heterocycles. The number of rotatable bonds is 5. The van der Waals surface area contributed by atoms with E-state index < -0.39 is 21.9 Å². The summed E-state index contributed by atoms with van der Waals surface area (Å²) in [7, 11) is -3.67. The largest absolute Gasteiger partial charge is 0.391 e. The number of hydrogen-bond acceptors (Lipinski definition) is 4. The van der Waals surface area contributed by atoms with E-state index in [2.05, 4.69) is 4.72 Å². The Morgan fingerprint density at radius 2 is 2.10 bits per heavy atom. The van der Waals surface area contributed by atoms with Gasteiger partial charge in [0.2, 0.25) is 0 Å². The lowest BCUT2D eigenvalue weighted by Crippen LogP contribution is -2.26. The Kier molecular flexibility index (Phi) is 4.54. The van der Waals surface area contributed by atoms with E-state index in [0.717, 1.165) is 11.3 Å². The third-order valence-electron chi connectivity index (χ3n) is 2.74. The summed E-state index contributed by atoms with van der Waals surface area (Å²) in [6, 6.07) is 8.24. The average molecular weight is 315 g/mol. The number of halogens is 1. The number of thiophene rings is 1. The van der Waals surface area contributed by atoms with Crippen LogP contribution in [-0.4, -0.2) is 13.5 Å². The van der Waals surface area contributed by atoms with Gasteiger partial charge in [0.15, 0.2) is 0 Å². The van der Waals surface area contributed by atoms with Crippen LogP contribution in [0.2, 0.25) is 0 Å². The molecule has 1 aromatic carbocycles. The minimum absolute atomic E-state index is 0.129. The Labute approximate surface area is 120 Å². The number of hydrogen-bond donors (Lipinski definition) is 2. The summed E-state index contributed by atoms with van der Waals surface area (Å²) in [5.41, 5.74) is 0.549. The molecule has 2 aromatic rings. The Hall–Kier alpha value is -1.28. The van der Waals surface area contributed by atoms with E-state index in [4.69, 9.17) is 5.11 Å². The van der Waals surface area contributed by atoms with Crippen LogP contribution in [0.4, 0.5) is 4.39 Å². The van der Waals surface area contributed by atoms with Gasteiger partial charge >= 0.3 is 0 Å². The molecule has 0 bridgehead atoms. The first-order valence-corrected chi connectivity index (χ1v) is 8.20. The summed E-state index contributed by atoms with van der Waals surface area (Å²) in [4.78, 5) is 0.573. The summed E-state index contributed by atoms with van der Waals surface area (Å²) in [6.45, 7) is 1.45. The van der Waals surface area contributed by atoms with Crippen molar-refractivity contribution in [2.24, 2.45) is 0 Å². The topological polar surface area (TPSA) is 66.4 Å². The van der Waals surface area contributed by atoms with Crippen LogP contribution in [0.15, 0.2) is 40.6 Å². The first-order chi connectivity index (χ1) is 9.42. The van der Waals surface area contributed by atoms with Crippen molar-refractivity contribution < 1.29 is 17.9 Å². The predicted octanol–water partition coefficient (Wildman–Crippen LogP) is 2.42. The molecular formula is C13H14FNO3S2. The van der Waals surface area contributed by atoms with Crippen molar-refractivity contribution in [3.63, 3.8) is 0 Å². The highest BCUT2D eigenvalue weighted by Gasteiger charge is 2.20. The van der Waals surface area contributed by atoms with E-state index in [1.54, 1.807) is 19.1 Å². The molecule has 7 heteroatoms. The fourth-order valence-electron chi connectivity index (χ4n) is 1.72. The normalized spacial score (nSPS) is 13.3. The van der Waals surface area contributed by atoms with Gasteiger partial charge in [0.05, 0.1) is 6.61 Å². The second-order valence-electron chi connectivity index (χ2n) is 4.28. The molecular weight excluding hydrogens is 301 g/mol. The zero-order valence-electron chi connectivity index (χ0n) is 10.7. The molecule has 0 aliphatic rings. The van der Waals surface area contributed by atoms with E-state index in [1.807, 2.05) is 0 Å². The smallest absolute Gasteiger partial charge is 0.250 e. The van der Waals surface area contributed by atoms with Crippen LogP contribution in [0.5, 0.6) is 0 Å². The summed E-state index contributed by atoms with van der Waals surface area (Å²) in [6.07, 6.45) is 0. The van der Waals surface area contributed by atoms with Crippen molar-refractivity contribution in [1.82, 2.24) is 4.72 Å². The van der Waals surface area contributed by atoms with Gasteiger partial charge < -0.3 is 5.11 Å². The van der Waals surface area contributed by atoms with Crippen LogP contribution in [0.1, 0.15) is 23.4 Å². The Balaban J connectivity index is 2.19. The number of sulfonamides is 1. The minimum Gasteiger partial charge on any atom is -0.391 e. The molecule has 0 radical (unpaired) electrons. The van der Waals surface area contributed by atoms with Gasteiger partial charge in [-0.25, -0.2) is 17.5 Å². The lowest BCUT2D eigenvalue weighted by molar-refractivity contribution is 0.285. The maximum absolute atomic E-state index is 13.1. The van der Waals surface area contributed by atoms with E-state index in [1.165, 1.54) is 24.3 Å². The molecule has 0 amide bonds.